The molecule has 0 unspecified atom stereocenters. The number of carboxylic acid groups (broad SMARTS) is 1. The molecule has 0 bridgehead atoms. The van der Waals surface area contributed by atoms with Crippen molar-refractivity contribution in [3.63, 3.8) is 0 Å². The van der Waals surface area contributed by atoms with Crippen molar-refractivity contribution in [3.05, 3.63) is 30.2 Å². The summed E-state index contributed by atoms with van der Waals surface area (Å²) >= 11 is 0. The summed E-state index contributed by atoms with van der Waals surface area (Å²) in [4.78, 5) is 15.5. The summed E-state index contributed by atoms with van der Waals surface area (Å²) in [6.45, 7) is 0. The van der Waals surface area contributed by atoms with E-state index in [0.29, 0.717) is 27.9 Å². The minimum Gasteiger partial charge on any atom is -0.493 e. The predicted octanol–water partition coefficient (Wildman–Crippen LogP) is 1.60. The van der Waals surface area contributed by atoms with Crippen molar-refractivity contribution < 1.29 is 19.4 Å². The van der Waals surface area contributed by atoms with Crippen LogP contribution in [-0.4, -0.2) is 39.9 Å². The molecule has 102 valence electrons. The minimum absolute atomic E-state index is 0.115. The maximum absolute atomic E-state index is 11.3. The lowest BCUT2D eigenvalue weighted by atomic mass is 10.1. The van der Waals surface area contributed by atoms with E-state index in [1.165, 1.54) is 31.3 Å². The second-order valence-electron chi connectivity index (χ2n) is 4.13. The number of hydrogen-bond donors (Lipinski definition) is 1. The number of fused-ring (bicyclic) bond motifs is 3. The third-order valence-corrected chi connectivity index (χ3v) is 3.09. The van der Waals surface area contributed by atoms with Crippen LogP contribution in [0.2, 0.25) is 0 Å². The first-order chi connectivity index (χ1) is 9.65. The van der Waals surface area contributed by atoms with Gasteiger partial charge in [0.15, 0.2) is 11.5 Å². The number of aromatic nitrogens is 3. The second kappa shape index (κ2) is 4.37. The van der Waals surface area contributed by atoms with Gasteiger partial charge in [-0.15, -0.1) is 0 Å². The molecule has 20 heavy (non-hydrogen) atoms. The van der Waals surface area contributed by atoms with Crippen LogP contribution in [0.25, 0.3) is 16.4 Å². The molecule has 2 heterocycles. The van der Waals surface area contributed by atoms with E-state index < -0.39 is 5.97 Å². The minimum atomic E-state index is -1.04. The van der Waals surface area contributed by atoms with Crippen LogP contribution in [-0.2, 0) is 0 Å². The Balaban J connectivity index is 2.45. The first kappa shape index (κ1) is 12.2. The molecule has 0 aliphatic rings. The largest absolute Gasteiger partial charge is 0.493 e. The first-order valence-electron chi connectivity index (χ1n) is 5.77. The van der Waals surface area contributed by atoms with E-state index in [9.17, 15) is 9.90 Å². The van der Waals surface area contributed by atoms with Gasteiger partial charge < -0.3 is 14.6 Å². The standard InChI is InChI=1S/C13H11N3O4/c1-19-10-3-7-9(4-11(10)20-2)14-6-16-12(7)8(5-15-16)13(17)18/h3-6H,1-2H3,(H,17,18). The molecule has 0 saturated heterocycles. The summed E-state index contributed by atoms with van der Waals surface area (Å²) in [7, 11) is 3.05. The molecule has 0 radical (unpaired) electrons. The molecule has 0 amide bonds. The zero-order valence-corrected chi connectivity index (χ0v) is 10.8. The molecule has 0 saturated carbocycles. The molecule has 2 aromatic heterocycles. The fraction of sp³-hybridized carbons (Fsp3) is 0.154. The maximum atomic E-state index is 11.3. The van der Waals surface area contributed by atoms with E-state index in [1.54, 1.807) is 12.1 Å². The average molecular weight is 273 g/mol. The fourth-order valence-electron chi connectivity index (χ4n) is 2.16. The van der Waals surface area contributed by atoms with E-state index in [0.717, 1.165) is 0 Å². The van der Waals surface area contributed by atoms with E-state index in [2.05, 4.69) is 10.1 Å². The number of benzene rings is 1. The lowest BCUT2D eigenvalue weighted by Crippen LogP contribution is -1.98. The summed E-state index contributed by atoms with van der Waals surface area (Å²) in [6.07, 6.45) is 2.77. The van der Waals surface area contributed by atoms with Crippen molar-refractivity contribution in [2.45, 2.75) is 0 Å². The number of methoxy groups -OCH3 is 2. The van der Waals surface area contributed by atoms with Gasteiger partial charge in [0, 0.05) is 11.5 Å². The predicted molar refractivity (Wildman–Crippen MR) is 70.6 cm³/mol. The lowest BCUT2D eigenvalue weighted by molar-refractivity contribution is 0.0699. The Morgan fingerprint density at radius 2 is 1.95 bits per heavy atom. The van der Waals surface area contributed by atoms with E-state index in [4.69, 9.17) is 9.47 Å². The Bertz CT molecular complexity index is 825. The number of carboxylic acids is 1. The Morgan fingerprint density at radius 3 is 2.60 bits per heavy atom. The average Bonchev–Trinajstić information content (AvgIpc) is 2.90. The zero-order valence-electron chi connectivity index (χ0n) is 10.8. The summed E-state index contributed by atoms with van der Waals surface area (Å²) in [5.41, 5.74) is 1.20. The molecule has 0 aliphatic carbocycles. The van der Waals surface area contributed by atoms with Gasteiger partial charge in [0.05, 0.1) is 31.4 Å². The van der Waals surface area contributed by atoms with Crippen LogP contribution in [0.1, 0.15) is 10.4 Å². The summed E-state index contributed by atoms with van der Waals surface area (Å²) in [5.74, 6) is 0.00274. The Labute approximate surface area is 113 Å². The number of hydrogen-bond acceptors (Lipinski definition) is 5. The molecular formula is C13H11N3O4. The topological polar surface area (TPSA) is 86.0 Å². The molecule has 3 aromatic rings. The highest BCUT2D eigenvalue weighted by atomic mass is 16.5. The highest BCUT2D eigenvalue weighted by molar-refractivity contribution is 6.06. The van der Waals surface area contributed by atoms with Crippen molar-refractivity contribution in [1.29, 1.82) is 0 Å². The van der Waals surface area contributed by atoms with Crippen LogP contribution in [0.3, 0.4) is 0 Å². The quantitative estimate of drug-likeness (QED) is 0.780. The third-order valence-electron chi connectivity index (χ3n) is 3.09. The summed E-state index contributed by atoms with van der Waals surface area (Å²) < 4.78 is 11.9. The number of ether oxygens (including phenoxy) is 2. The summed E-state index contributed by atoms with van der Waals surface area (Å²) in [5, 5.41) is 13.9. The Hall–Kier alpha value is -2.83. The molecule has 0 spiro atoms. The van der Waals surface area contributed by atoms with E-state index in [1.807, 2.05) is 0 Å². The first-order valence-corrected chi connectivity index (χ1v) is 5.77. The van der Waals surface area contributed by atoms with E-state index in [-0.39, 0.29) is 5.56 Å². The monoisotopic (exact) mass is 273 g/mol. The third kappa shape index (κ3) is 1.63. The number of aromatic carboxylic acids is 1. The number of carbonyl (C=O) groups is 1. The number of rotatable bonds is 3. The van der Waals surface area contributed by atoms with Crippen molar-refractivity contribution in [2.75, 3.05) is 14.2 Å². The van der Waals surface area contributed by atoms with Gasteiger partial charge in [-0.3, -0.25) is 0 Å². The van der Waals surface area contributed by atoms with Crippen LogP contribution in [0.5, 0.6) is 11.5 Å². The second-order valence-corrected chi connectivity index (χ2v) is 4.13. The van der Waals surface area contributed by atoms with E-state index >= 15 is 0 Å². The van der Waals surface area contributed by atoms with Crippen LogP contribution in [0.15, 0.2) is 24.7 Å². The number of nitrogens with zero attached hydrogens (tertiary/aromatic N) is 3. The van der Waals surface area contributed by atoms with Gasteiger partial charge in [-0.05, 0) is 6.07 Å². The highest BCUT2D eigenvalue weighted by Gasteiger charge is 2.16. The van der Waals surface area contributed by atoms with Gasteiger partial charge >= 0.3 is 5.97 Å². The van der Waals surface area contributed by atoms with Gasteiger partial charge in [-0.25, -0.2) is 14.3 Å². The summed E-state index contributed by atoms with van der Waals surface area (Å²) in [6, 6.07) is 3.40. The SMILES string of the molecule is COc1cc2ncn3ncc(C(=O)O)c3c2cc1OC. The normalized spacial score (nSPS) is 10.9. The smallest absolute Gasteiger partial charge is 0.339 e. The van der Waals surface area contributed by atoms with Gasteiger partial charge in [0.25, 0.3) is 0 Å². The van der Waals surface area contributed by atoms with Crippen LogP contribution >= 0.6 is 0 Å². The molecule has 7 heteroatoms. The van der Waals surface area contributed by atoms with Crippen LogP contribution < -0.4 is 9.47 Å². The van der Waals surface area contributed by atoms with Crippen molar-refractivity contribution in [2.24, 2.45) is 0 Å². The fourth-order valence-corrected chi connectivity index (χ4v) is 2.16. The molecule has 0 atom stereocenters. The molecular weight excluding hydrogens is 262 g/mol. The van der Waals surface area contributed by atoms with Gasteiger partial charge in [0.2, 0.25) is 0 Å². The lowest BCUT2D eigenvalue weighted by Gasteiger charge is -2.09. The van der Waals surface area contributed by atoms with Crippen LogP contribution in [0, 0.1) is 0 Å². The van der Waals surface area contributed by atoms with Crippen molar-refractivity contribution in [1.82, 2.24) is 14.6 Å². The van der Waals surface area contributed by atoms with Gasteiger partial charge in [-0.2, -0.15) is 5.10 Å². The maximum Gasteiger partial charge on any atom is 0.339 e. The van der Waals surface area contributed by atoms with Gasteiger partial charge in [0.1, 0.15) is 11.9 Å². The zero-order chi connectivity index (χ0) is 14.3. The highest BCUT2D eigenvalue weighted by Crippen LogP contribution is 2.33. The van der Waals surface area contributed by atoms with Crippen molar-refractivity contribution >= 4 is 22.4 Å². The van der Waals surface area contributed by atoms with Gasteiger partial charge in [-0.1, -0.05) is 0 Å². The molecule has 1 aromatic carbocycles. The molecule has 1 N–H and O–H groups in total. The molecule has 0 fully saturated rings. The Kier molecular flexibility index (Phi) is 2.67. The van der Waals surface area contributed by atoms with Crippen LogP contribution in [0.4, 0.5) is 0 Å². The molecule has 3 rings (SSSR count). The Morgan fingerprint density at radius 1 is 1.25 bits per heavy atom. The van der Waals surface area contributed by atoms with Crippen molar-refractivity contribution in [3.8, 4) is 11.5 Å². The molecule has 7 nitrogen and oxygen atoms in total. The molecule has 0 aliphatic heterocycles.